The molecule has 0 aliphatic rings. The number of halogens is 3. The number of carbonyl (C=O) groups excluding carboxylic acids is 1. The third-order valence-electron chi connectivity index (χ3n) is 2.78. The Bertz CT molecular complexity index is 733. The molecule has 0 heterocycles. The minimum atomic E-state index is -0.802. The fourth-order valence-corrected chi connectivity index (χ4v) is 2.14. The molecule has 0 aliphatic carbocycles. The first kappa shape index (κ1) is 17.1. The van der Waals surface area contributed by atoms with Crippen molar-refractivity contribution < 1.29 is 13.9 Å². The first-order valence-corrected chi connectivity index (χ1v) is 7.16. The van der Waals surface area contributed by atoms with Gasteiger partial charge in [-0.3, -0.25) is 0 Å². The van der Waals surface area contributed by atoms with Crippen molar-refractivity contribution in [2.45, 2.75) is 6.61 Å². The second-order valence-corrected chi connectivity index (χ2v) is 5.25. The number of hydrogen-bond donors (Lipinski definition) is 2. The Morgan fingerprint density at radius 3 is 2.83 bits per heavy atom. The Labute approximate surface area is 141 Å². The van der Waals surface area contributed by atoms with Crippen LogP contribution in [0.3, 0.4) is 0 Å². The lowest BCUT2D eigenvalue weighted by atomic mass is 10.2. The van der Waals surface area contributed by atoms with Crippen LogP contribution in [0.1, 0.15) is 11.1 Å². The van der Waals surface area contributed by atoms with Gasteiger partial charge in [-0.1, -0.05) is 29.3 Å². The van der Waals surface area contributed by atoms with Crippen LogP contribution in [-0.4, -0.2) is 12.2 Å². The van der Waals surface area contributed by atoms with E-state index in [1.165, 1.54) is 18.3 Å². The van der Waals surface area contributed by atoms with Gasteiger partial charge in [-0.05, 0) is 30.3 Å². The summed E-state index contributed by atoms with van der Waals surface area (Å²) in [6.45, 7) is -0.0722. The van der Waals surface area contributed by atoms with E-state index in [0.717, 1.165) is 0 Å². The average molecular weight is 356 g/mol. The van der Waals surface area contributed by atoms with Crippen molar-refractivity contribution >= 4 is 35.4 Å². The molecule has 8 heteroatoms. The largest absolute Gasteiger partial charge is 0.488 e. The number of benzene rings is 2. The Morgan fingerprint density at radius 1 is 1.35 bits per heavy atom. The molecule has 120 valence electrons. The standard InChI is InChI=1S/C15H12Cl2FN3O2/c16-10-4-5-14(9(6-10)7-20-21-15(19)22)23-8-11-12(17)2-1-3-13(11)18/h1-7H,8H2,(H3,19,21,22). The highest BCUT2D eigenvalue weighted by Gasteiger charge is 2.09. The Balaban J connectivity index is 2.19. The molecule has 0 fully saturated rings. The van der Waals surface area contributed by atoms with Crippen LogP contribution in [-0.2, 0) is 6.61 Å². The molecule has 3 N–H and O–H groups in total. The number of carbonyl (C=O) groups is 1. The van der Waals surface area contributed by atoms with Gasteiger partial charge >= 0.3 is 6.03 Å². The van der Waals surface area contributed by atoms with E-state index >= 15 is 0 Å². The number of primary amides is 1. The molecule has 2 aromatic rings. The molecule has 5 nitrogen and oxygen atoms in total. The predicted octanol–water partition coefficient (Wildman–Crippen LogP) is 3.71. The summed E-state index contributed by atoms with van der Waals surface area (Å²) in [5, 5.41) is 4.36. The maximum absolute atomic E-state index is 13.7. The molecule has 0 aliphatic heterocycles. The van der Waals surface area contributed by atoms with Gasteiger partial charge in [0.15, 0.2) is 0 Å². The lowest BCUT2D eigenvalue weighted by Gasteiger charge is -2.11. The van der Waals surface area contributed by atoms with Gasteiger partial charge in [0, 0.05) is 16.1 Å². The summed E-state index contributed by atoms with van der Waals surface area (Å²) in [5.41, 5.74) is 7.70. The van der Waals surface area contributed by atoms with Crippen LogP contribution in [0, 0.1) is 5.82 Å². The van der Waals surface area contributed by atoms with E-state index in [0.29, 0.717) is 16.3 Å². The minimum Gasteiger partial charge on any atom is -0.488 e. The summed E-state index contributed by atoms with van der Waals surface area (Å²) in [5.74, 6) is -0.0687. The number of nitrogens with zero attached hydrogens (tertiary/aromatic N) is 1. The van der Waals surface area contributed by atoms with Crippen molar-refractivity contribution in [2.24, 2.45) is 10.8 Å². The van der Waals surface area contributed by atoms with Crippen LogP contribution < -0.4 is 15.9 Å². The van der Waals surface area contributed by atoms with Crippen LogP contribution in [0.15, 0.2) is 41.5 Å². The highest BCUT2D eigenvalue weighted by atomic mass is 35.5. The van der Waals surface area contributed by atoms with E-state index in [4.69, 9.17) is 33.7 Å². The van der Waals surface area contributed by atoms with Gasteiger partial charge in [-0.15, -0.1) is 0 Å². The number of amides is 2. The molecular weight excluding hydrogens is 344 g/mol. The van der Waals surface area contributed by atoms with Crippen molar-refractivity contribution in [3.05, 3.63) is 63.4 Å². The molecular formula is C15H12Cl2FN3O2. The minimum absolute atomic E-state index is 0.0722. The summed E-state index contributed by atoms with van der Waals surface area (Å²) < 4.78 is 19.3. The number of rotatable bonds is 5. The monoisotopic (exact) mass is 355 g/mol. The maximum atomic E-state index is 13.7. The van der Waals surface area contributed by atoms with Crippen molar-refractivity contribution in [1.82, 2.24) is 5.43 Å². The predicted molar refractivity (Wildman–Crippen MR) is 87.5 cm³/mol. The Kier molecular flexibility index (Phi) is 5.78. The van der Waals surface area contributed by atoms with Gasteiger partial charge in [0.1, 0.15) is 18.2 Å². The summed E-state index contributed by atoms with van der Waals surface area (Å²) in [6.07, 6.45) is 1.31. The fraction of sp³-hybridized carbons (Fsp3) is 0.0667. The highest BCUT2D eigenvalue weighted by Crippen LogP contribution is 2.25. The third-order valence-corrected chi connectivity index (χ3v) is 3.37. The number of urea groups is 1. The van der Waals surface area contributed by atoms with Gasteiger partial charge < -0.3 is 10.5 Å². The zero-order chi connectivity index (χ0) is 16.8. The molecule has 0 bridgehead atoms. The van der Waals surface area contributed by atoms with Crippen LogP contribution >= 0.6 is 23.2 Å². The highest BCUT2D eigenvalue weighted by molar-refractivity contribution is 6.31. The maximum Gasteiger partial charge on any atom is 0.332 e. The first-order chi connectivity index (χ1) is 11.0. The normalized spacial score (nSPS) is 10.7. The summed E-state index contributed by atoms with van der Waals surface area (Å²) >= 11 is 11.9. The van der Waals surface area contributed by atoms with Gasteiger partial charge in [-0.2, -0.15) is 5.10 Å². The number of hydrazone groups is 1. The zero-order valence-corrected chi connectivity index (χ0v) is 13.2. The summed E-state index contributed by atoms with van der Waals surface area (Å²) in [4.78, 5) is 10.6. The van der Waals surface area contributed by atoms with E-state index in [-0.39, 0.29) is 17.2 Å². The second-order valence-electron chi connectivity index (χ2n) is 4.41. The van der Waals surface area contributed by atoms with Crippen molar-refractivity contribution in [3.8, 4) is 5.75 Å². The van der Waals surface area contributed by atoms with E-state index in [9.17, 15) is 9.18 Å². The van der Waals surface area contributed by atoms with Crippen molar-refractivity contribution in [2.75, 3.05) is 0 Å². The molecule has 0 unspecified atom stereocenters. The van der Waals surface area contributed by atoms with Crippen LogP contribution in [0.25, 0.3) is 0 Å². The van der Waals surface area contributed by atoms with Gasteiger partial charge in [0.05, 0.1) is 11.2 Å². The van der Waals surface area contributed by atoms with E-state index < -0.39 is 11.8 Å². The molecule has 2 rings (SSSR count). The van der Waals surface area contributed by atoms with Crippen LogP contribution in [0.5, 0.6) is 5.75 Å². The molecule has 0 saturated carbocycles. The number of hydrogen-bond acceptors (Lipinski definition) is 3. The Hall–Kier alpha value is -2.31. The molecule has 0 spiro atoms. The lowest BCUT2D eigenvalue weighted by molar-refractivity contribution is 0.249. The number of nitrogens with one attached hydrogen (secondary N) is 1. The second kappa shape index (κ2) is 7.80. The molecule has 0 radical (unpaired) electrons. The Morgan fingerprint density at radius 2 is 2.13 bits per heavy atom. The molecule has 2 amide bonds. The topological polar surface area (TPSA) is 76.7 Å². The van der Waals surface area contributed by atoms with Gasteiger partial charge in [0.2, 0.25) is 0 Å². The first-order valence-electron chi connectivity index (χ1n) is 6.41. The molecule has 2 aromatic carbocycles. The van der Waals surface area contributed by atoms with Crippen LogP contribution in [0.4, 0.5) is 9.18 Å². The quantitative estimate of drug-likeness (QED) is 0.633. The van der Waals surface area contributed by atoms with Crippen molar-refractivity contribution in [1.29, 1.82) is 0 Å². The molecule has 0 saturated heterocycles. The van der Waals surface area contributed by atoms with Gasteiger partial charge in [0.25, 0.3) is 0 Å². The van der Waals surface area contributed by atoms with Crippen molar-refractivity contribution in [3.63, 3.8) is 0 Å². The number of ether oxygens (including phenoxy) is 1. The molecule has 0 atom stereocenters. The molecule has 0 aromatic heterocycles. The van der Waals surface area contributed by atoms with E-state index in [1.54, 1.807) is 24.3 Å². The van der Waals surface area contributed by atoms with E-state index in [1.807, 2.05) is 0 Å². The van der Waals surface area contributed by atoms with Gasteiger partial charge in [-0.25, -0.2) is 14.6 Å². The SMILES string of the molecule is NC(=O)NN=Cc1cc(Cl)ccc1OCc1c(F)cccc1Cl. The zero-order valence-electron chi connectivity index (χ0n) is 11.7. The smallest absolute Gasteiger partial charge is 0.332 e. The summed E-state index contributed by atoms with van der Waals surface area (Å²) in [6, 6.07) is 8.37. The molecule has 23 heavy (non-hydrogen) atoms. The average Bonchev–Trinajstić information content (AvgIpc) is 2.48. The van der Waals surface area contributed by atoms with E-state index in [2.05, 4.69) is 10.5 Å². The third kappa shape index (κ3) is 4.84. The lowest BCUT2D eigenvalue weighted by Crippen LogP contribution is -2.24. The summed E-state index contributed by atoms with van der Waals surface area (Å²) in [7, 11) is 0. The number of nitrogens with two attached hydrogens (primary N) is 1. The fourth-order valence-electron chi connectivity index (χ4n) is 1.74. The van der Waals surface area contributed by atoms with Crippen LogP contribution in [0.2, 0.25) is 10.0 Å².